The summed E-state index contributed by atoms with van der Waals surface area (Å²) in [4.78, 5) is 23.1. The molecule has 0 spiro atoms. The normalized spacial score (nSPS) is 10.6. The van der Waals surface area contributed by atoms with Crippen LogP contribution in [0.3, 0.4) is 0 Å². The Hall–Kier alpha value is -0.660. The maximum atomic E-state index is 11.6. The molecule has 0 radical (unpaired) electrons. The third-order valence-corrected chi connectivity index (χ3v) is 3.55. The molecule has 0 amide bonds. The molecule has 0 unspecified atom stereocenters. The van der Waals surface area contributed by atoms with E-state index in [1.54, 1.807) is 0 Å². The fourth-order valence-electron chi connectivity index (χ4n) is 2.20. The van der Waals surface area contributed by atoms with Crippen LogP contribution in [0.15, 0.2) is 0 Å². The molecule has 19 heavy (non-hydrogen) atoms. The maximum absolute atomic E-state index is 11.6. The highest BCUT2D eigenvalue weighted by Gasteiger charge is 2.06. The van der Waals surface area contributed by atoms with Crippen LogP contribution in [0.5, 0.6) is 0 Å². The van der Waals surface area contributed by atoms with Crippen molar-refractivity contribution in [3.63, 3.8) is 0 Å². The van der Waals surface area contributed by atoms with Gasteiger partial charge >= 0.3 is 0 Å². The molecule has 0 aromatic rings. The first-order valence-corrected chi connectivity index (χ1v) is 8.24. The summed E-state index contributed by atoms with van der Waals surface area (Å²) in [6.07, 6.45) is 12.8. The molecule has 0 saturated heterocycles. The number of hydrogen-bond acceptors (Lipinski definition) is 2. The van der Waals surface area contributed by atoms with E-state index in [9.17, 15) is 9.59 Å². The predicted molar refractivity (Wildman–Crippen MR) is 81.4 cm³/mol. The van der Waals surface area contributed by atoms with Gasteiger partial charge in [0.25, 0.3) is 0 Å². The van der Waals surface area contributed by atoms with Crippen molar-refractivity contribution in [3.8, 4) is 0 Å². The molecule has 0 bridgehead atoms. The predicted octanol–water partition coefficient (Wildman–Crippen LogP) is 5.24. The molecule has 0 saturated carbocycles. The summed E-state index contributed by atoms with van der Waals surface area (Å²) < 4.78 is 0. The monoisotopic (exact) mass is 268 g/mol. The van der Waals surface area contributed by atoms with E-state index in [1.165, 1.54) is 25.7 Å². The molecule has 0 aliphatic rings. The van der Waals surface area contributed by atoms with Gasteiger partial charge in [-0.15, -0.1) is 0 Å². The Labute approximate surface area is 119 Å². The minimum atomic E-state index is 0.268. The van der Waals surface area contributed by atoms with Crippen LogP contribution < -0.4 is 0 Å². The van der Waals surface area contributed by atoms with Crippen LogP contribution in [0.1, 0.15) is 97.3 Å². The first kappa shape index (κ1) is 18.3. The van der Waals surface area contributed by atoms with Crippen molar-refractivity contribution in [2.24, 2.45) is 0 Å². The Morgan fingerprint density at radius 3 is 1.42 bits per heavy atom. The molecule has 0 aromatic heterocycles. The van der Waals surface area contributed by atoms with E-state index in [0.717, 1.165) is 32.1 Å². The van der Waals surface area contributed by atoms with Crippen LogP contribution in [0, 0.1) is 0 Å². The third kappa shape index (κ3) is 13.6. The average molecular weight is 268 g/mol. The van der Waals surface area contributed by atoms with E-state index >= 15 is 0 Å². The van der Waals surface area contributed by atoms with Crippen LogP contribution in [0.25, 0.3) is 0 Å². The quantitative estimate of drug-likeness (QED) is 0.404. The van der Waals surface area contributed by atoms with Crippen molar-refractivity contribution in [2.75, 3.05) is 0 Å². The standard InChI is InChI=1S/C17H32O2/c1-3-5-7-8-9-11-13-17(19)15-14-16(18)12-10-6-4-2/h3-15H2,1-2H3. The van der Waals surface area contributed by atoms with Crippen LogP contribution in [-0.4, -0.2) is 11.6 Å². The Balaban J connectivity index is 3.36. The maximum Gasteiger partial charge on any atom is 0.133 e. The topological polar surface area (TPSA) is 34.1 Å². The lowest BCUT2D eigenvalue weighted by Crippen LogP contribution is -2.04. The fraction of sp³-hybridized carbons (Fsp3) is 0.882. The molecule has 0 heterocycles. The van der Waals surface area contributed by atoms with Gasteiger partial charge in [0.05, 0.1) is 0 Å². The number of carbonyl (C=O) groups excluding carboxylic acids is 2. The van der Waals surface area contributed by atoms with E-state index < -0.39 is 0 Å². The van der Waals surface area contributed by atoms with E-state index in [0.29, 0.717) is 25.7 Å². The van der Waals surface area contributed by atoms with Crippen LogP contribution in [0.2, 0.25) is 0 Å². The summed E-state index contributed by atoms with van der Waals surface area (Å²) in [6, 6.07) is 0. The van der Waals surface area contributed by atoms with Crippen LogP contribution in [-0.2, 0) is 9.59 Å². The van der Waals surface area contributed by atoms with Crippen molar-refractivity contribution < 1.29 is 9.59 Å². The highest BCUT2D eigenvalue weighted by Crippen LogP contribution is 2.10. The first-order valence-electron chi connectivity index (χ1n) is 8.24. The van der Waals surface area contributed by atoms with Gasteiger partial charge in [-0.1, -0.05) is 58.8 Å². The van der Waals surface area contributed by atoms with Crippen molar-refractivity contribution in [1.29, 1.82) is 0 Å². The number of ketones is 2. The molecule has 2 nitrogen and oxygen atoms in total. The van der Waals surface area contributed by atoms with Crippen molar-refractivity contribution in [2.45, 2.75) is 97.3 Å². The Kier molecular flexibility index (Phi) is 13.3. The molecular weight excluding hydrogens is 236 g/mol. The van der Waals surface area contributed by atoms with Gasteiger partial charge in [-0.3, -0.25) is 9.59 Å². The molecule has 0 aliphatic heterocycles. The van der Waals surface area contributed by atoms with Gasteiger partial charge in [0.2, 0.25) is 0 Å². The Morgan fingerprint density at radius 1 is 0.526 bits per heavy atom. The lowest BCUT2D eigenvalue weighted by Gasteiger charge is -2.02. The van der Waals surface area contributed by atoms with Crippen molar-refractivity contribution in [3.05, 3.63) is 0 Å². The molecule has 0 rings (SSSR count). The number of hydrogen-bond donors (Lipinski definition) is 0. The molecule has 2 heteroatoms. The molecule has 0 aromatic carbocycles. The molecule has 112 valence electrons. The zero-order valence-electron chi connectivity index (χ0n) is 13.0. The summed E-state index contributed by atoms with van der Waals surface area (Å²) in [6.45, 7) is 4.34. The molecule has 0 fully saturated rings. The van der Waals surface area contributed by atoms with Gasteiger partial charge in [0.1, 0.15) is 11.6 Å². The van der Waals surface area contributed by atoms with Crippen molar-refractivity contribution in [1.82, 2.24) is 0 Å². The summed E-state index contributed by atoms with van der Waals surface area (Å²) in [7, 11) is 0. The highest BCUT2D eigenvalue weighted by atomic mass is 16.1. The minimum Gasteiger partial charge on any atom is -0.300 e. The molecule has 0 aliphatic carbocycles. The van der Waals surface area contributed by atoms with Gasteiger partial charge in [-0.2, -0.15) is 0 Å². The number of carbonyl (C=O) groups is 2. The van der Waals surface area contributed by atoms with Crippen molar-refractivity contribution >= 4 is 11.6 Å². The molecular formula is C17H32O2. The number of rotatable bonds is 14. The minimum absolute atomic E-state index is 0.268. The zero-order valence-corrected chi connectivity index (χ0v) is 13.0. The number of unbranched alkanes of at least 4 members (excludes halogenated alkanes) is 7. The van der Waals surface area contributed by atoms with Gasteiger partial charge in [-0.05, 0) is 12.8 Å². The van der Waals surface area contributed by atoms with Gasteiger partial charge < -0.3 is 0 Å². The van der Waals surface area contributed by atoms with Gasteiger partial charge in [-0.25, -0.2) is 0 Å². The largest absolute Gasteiger partial charge is 0.300 e. The zero-order chi connectivity index (χ0) is 14.3. The van der Waals surface area contributed by atoms with E-state index in [2.05, 4.69) is 13.8 Å². The fourth-order valence-corrected chi connectivity index (χ4v) is 2.20. The second-order valence-electron chi connectivity index (χ2n) is 5.55. The van der Waals surface area contributed by atoms with Gasteiger partial charge in [0, 0.05) is 25.7 Å². The van der Waals surface area contributed by atoms with Crippen LogP contribution >= 0.6 is 0 Å². The van der Waals surface area contributed by atoms with E-state index in [4.69, 9.17) is 0 Å². The molecule has 0 atom stereocenters. The SMILES string of the molecule is CCCCCCCCC(=O)CCC(=O)CCCCC. The first-order chi connectivity index (χ1) is 9.20. The second-order valence-corrected chi connectivity index (χ2v) is 5.55. The lowest BCUT2D eigenvalue weighted by atomic mass is 10.0. The molecule has 0 N–H and O–H groups in total. The summed E-state index contributed by atoms with van der Waals surface area (Å²) in [5.41, 5.74) is 0. The average Bonchev–Trinajstić information content (AvgIpc) is 2.40. The van der Waals surface area contributed by atoms with Gasteiger partial charge in [0.15, 0.2) is 0 Å². The second kappa shape index (κ2) is 13.8. The Bertz CT molecular complexity index is 233. The van der Waals surface area contributed by atoms with E-state index in [1.807, 2.05) is 0 Å². The Morgan fingerprint density at radius 2 is 0.895 bits per heavy atom. The van der Waals surface area contributed by atoms with E-state index in [-0.39, 0.29) is 11.6 Å². The highest BCUT2D eigenvalue weighted by molar-refractivity contribution is 5.85. The lowest BCUT2D eigenvalue weighted by molar-refractivity contribution is -0.124. The summed E-state index contributed by atoms with van der Waals surface area (Å²) in [5, 5.41) is 0. The smallest absolute Gasteiger partial charge is 0.133 e. The summed E-state index contributed by atoms with van der Waals surface area (Å²) in [5.74, 6) is 0.545. The van der Waals surface area contributed by atoms with Crippen LogP contribution in [0.4, 0.5) is 0 Å². The number of Topliss-reactive ketones (excluding diaryl/α,β-unsaturated/α-hetero) is 2. The third-order valence-electron chi connectivity index (χ3n) is 3.55. The summed E-state index contributed by atoms with van der Waals surface area (Å²) >= 11 is 0.